The average Bonchev–Trinajstić information content (AvgIpc) is 2.47. The van der Waals surface area contributed by atoms with Gasteiger partial charge in [0.15, 0.2) is 0 Å². The van der Waals surface area contributed by atoms with Crippen molar-refractivity contribution < 1.29 is 19.2 Å². The van der Waals surface area contributed by atoms with E-state index in [9.17, 15) is 19.7 Å². The predicted octanol–water partition coefficient (Wildman–Crippen LogP) is 3.35. The number of rotatable bonds is 3. The van der Waals surface area contributed by atoms with Gasteiger partial charge in [0.05, 0.1) is 16.1 Å². The van der Waals surface area contributed by atoms with Crippen LogP contribution in [0.3, 0.4) is 0 Å². The molecule has 0 aliphatic rings. The van der Waals surface area contributed by atoms with Crippen molar-refractivity contribution in [1.82, 2.24) is 0 Å². The van der Waals surface area contributed by atoms with E-state index >= 15 is 0 Å². The van der Waals surface area contributed by atoms with Crippen LogP contribution < -0.4 is 0 Å². The monoisotopic (exact) mass is 349 g/mol. The van der Waals surface area contributed by atoms with Gasteiger partial charge in [0.2, 0.25) is 0 Å². The van der Waals surface area contributed by atoms with Gasteiger partial charge in [-0.1, -0.05) is 15.9 Å². The van der Waals surface area contributed by atoms with Crippen LogP contribution in [0.5, 0.6) is 0 Å². The standard InChI is InChI=1S/C14H8BrNO5/c15-11-5-1-9(2-6-11)13(17)21-14(18)10-3-7-12(8-4-10)16(19)20/h1-8H. The van der Waals surface area contributed by atoms with Crippen LogP contribution in [0.1, 0.15) is 20.7 Å². The summed E-state index contributed by atoms with van der Waals surface area (Å²) in [5.74, 6) is -1.65. The van der Waals surface area contributed by atoms with Crippen LogP contribution >= 0.6 is 15.9 Å². The molecule has 0 radical (unpaired) electrons. The van der Waals surface area contributed by atoms with Crippen molar-refractivity contribution >= 4 is 33.6 Å². The highest BCUT2D eigenvalue weighted by Gasteiger charge is 2.16. The molecule has 21 heavy (non-hydrogen) atoms. The van der Waals surface area contributed by atoms with E-state index in [0.717, 1.165) is 4.47 Å². The number of esters is 2. The molecule has 0 aliphatic carbocycles. The largest absolute Gasteiger partial charge is 0.386 e. The second-order valence-corrected chi connectivity index (χ2v) is 4.90. The van der Waals surface area contributed by atoms with Gasteiger partial charge in [-0.25, -0.2) is 9.59 Å². The zero-order valence-corrected chi connectivity index (χ0v) is 12.1. The van der Waals surface area contributed by atoms with Crippen LogP contribution in [-0.4, -0.2) is 16.9 Å². The van der Waals surface area contributed by atoms with Gasteiger partial charge in [-0.3, -0.25) is 10.1 Å². The maximum Gasteiger partial charge on any atom is 0.346 e. The molecule has 0 spiro atoms. The Hall–Kier alpha value is -2.54. The number of hydrogen-bond acceptors (Lipinski definition) is 5. The smallest absolute Gasteiger partial charge is 0.346 e. The van der Waals surface area contributed by atoms with E-state index < -0.39 is 16.9 Å². The third kappa shape index (κ3) is 3.73. The Kier molecular flexibility index (Phi) is 4.44. The molecular formula is C14H8BrNO5. The van der Waals surface area contributed by atoms with Crippen molar-refractivity contribution in [2.75, 3.05) is 0 Å². The lowest BCUT2D eigenvalue weighted by molar-refractivity contribution is -0.384. The minimum Gasteiger partial charge on any atom is -0.386 e. The van der Waals surface area contributed by atoms with Crippen molar-refractivity contribution in [3.63, 3.8) is 0 Å². The zero-order valence-electron chi connectivity index (χ0n) is 10.5. The topological polar surface area (TPSA) is 86.5 Å². The average molecular weight is 350 g/mol. The molecule has 6 nitrogen and oxygen atoms in total. The highest BCUT2D eigenvalue weighted by molar-refractivity contribution is 9.10. The molecule has 0 atom stereocenters. The van der Waals surface area contributed by atoms with Crippen LogP contribution in [-0.2, 0) is 4.74 Å². The Balaban J connectivity index is 2.08. The number of benzene rings is 2. The Morgan fingerprint density at radius 2 is 1.33 bits per heavy atom. The summed E-state index contributed by atoms with van der Waals surface area (Å²) in [5, 5.41) is 10.5. The molecule has 0 aromatic heterocycles. The number of halogens is 1. The fourth-order valence-corrected chi connectivity index (χ4v) is 1.77. The van der Waals surface area contributed by atoms with Gasteiger partial charge in [-0.2, -0.15) is 0 Å². The molecule has 0 N–H and O–H groups in total. The van der Waals surface area contributed by atoms with Crippen molar-refractivity contribution in [2.45, 2.75) is 0 Å². The Morgan fingerprint density at radius 1 is 0.905 bits per heavy atom. The molecule has 2 rings (SSSR count). The summed E-state index contributed by atoms with van der Waals surface area (Å²) in [6, 6.07) is 11.1. The summed E-state index contributed by atoms with van der Waals surface area (Å²) >= 11 is 3.23. The van der Waals surface area contributed by atoms with Crippen LogP contribution in [0.2, 0.25) is 0 Å². The molecule has 0 saturated carbocycles. The second kappa shape index (κ2) is 6.27. The first-order valence-corrected chi connectivity index (χ1v) is 6.53. The number of carbonyl (C=O) groups excluding carboxylic acids is 2. The van der Waals surface area contributed by atoms with E-state index in [1.807, 2.05) is 0 Å². The molecule has 0 fully saturated rings. The minimum atomic E-state index is -0.863. The van der Waals surface area contributed by atoms with Crippen molar-refractivity contribution in [3.05, 3.63) is 74.2 Å². The highest BCUT2D eigenvalue weighted by atomic mass is 79.9. The molecule has 106 valence electrons. The van der Waals surface area contributed by atoms with Gasteiger partial charge in [0.1, 0.15) is 0 Å². The van der Waals surface area contributed by atoms with Gasteiger partial charge in [0, 0.05) is 16.6 Å². The Labute approximate surface area is 127 Å². The lowest BCUT2D eigenvalue weighted by Crippen LogP contribution is -2.12. The first-order valence-electron chi connectivity index (χ1n) is 5.74. The van der Waals surface area contributed by atoms with Gasteiger partial charge in [0.25, 0.3) is 5.69 Å². The van der Waals surface area contributed by atoms with Crippen LogP contribution in [0.15, 0.2) is 53.0 Å². The molecule has 0 aliphatic heterocycles. The molecule has 2 aromatic rings. The third-order valence-electron chi connectivity index (χ3n) is 2.58. The summed E-state index contributed by atoms with van der Waals surface area (Å²) in [7, 11) is 0. The zero-order chi connectivity index (χ0) is 15.4. The van der Waals surface area contributed by atoms with Crippen LogP contribution in [0, 0.1) is 10.1 Å². The van der Waals surface area contributed by atoms with Crippen molar-refractivity contribution in [3.8, 4) is 0 Å². The Bertz CT molecular complexity index is 694. The van der Waals surface area contributed by atoms with E-state index in [1.165, 1.54) is 36.4 Å². The summed E-state index contributed by atoms with van der Waals surface area (Å²) in [5.41, 5.74) is 0.144. The number of non-ortho nitro benzene ring substituents is 1. The number of hydrogen-bond donors (Lipinski definition) is 0. The first-order chi connectivity index (χ1) is 9.97. The number of nitro groups is 1. The summed E-state index contributed by atoms with van der Waals surface area (Å²) in [6.45, 7) is 0. The fraction of sp³-hybridized carbons (Fsp3) is 0. The van der Waals surface area contributed by atoms with Gasteiger partial charge >= 0.3 is 11.9 Å². The molecule has 0 amide bonds. The van der Waals surface area contributed by atoms with Gasteiger partial charge < -0.3 is 4.74 Å². The van der Waals surface area contributed by atoms with Crippen molar-refractivity contribution in [2.24, 2.45) is 0 Å². The van der Waals surface area contributed by atoms with E-state index in [2.05, 4.69) is 15.9 Å². The number of ether oxygens (including phenoxy) is 1. The highest BCUT2D eigenvalue weighted by Crippen LogP contribution is 2.14. The first kappa shape index (κ1) is 14.9. The number of nitro benzene ring substituents is 1. The maximum atomic E-state index is 11.8. The number of carbonyl (C=O) groups is 2. The predicted molar refractivity (Wildman–Crippen MR) is 77.0 cm³/mol. The van der Waals surface area contributed by atoms with Gasteiger partial charge in [-0.15, -0.1) is 0 Å². The van der Waals surface area contributed by atoms with E-state index in [4.69, 9.17) is 4.74 Å². The molecule has 2 aromatic carbocycles. The van der Waals surface area contributed by atoms with Crippen LogP contribution in [0.25, 0.3) is 0 Å². The fourth-order valence-electron chi connectivity index (χ4n) is 1.51. The lowest BCUT2D eigenvalue weighted by Gasteiger charge is -2.03. The normalized spacial score (nSPS) is 9.95. The summed E-state index contributed by atoms with van der Waals surface area (Å²) < 4.78 is 5.49. The third-order valence-corrected chi connectivity index (χ3v) is 3.11. The Morgan fingerprint density at radius 3 is 1.76 bits per heavy atom. The maximum absolute atomic E-state index is 11.8. The van der Waals surface area contributed by atoms with Crippen molar-refractivity contribution in [1.29, 1.82) is 0 Å². The molecule has 7 heteroatoms. The van der Waals surface area contributed by atoms with E-state index in [1.54, 1.807) is 12.1 Å². The molecule has 0 saturated heterocycles. The molecule has 0 heterocycles. The van der Waals surface area contributed by atoms with Crippen LogP contribution in [0.4, 0.5) is 5.69 Å². The summed E-state index contributed by atoms with van der Waals surface area (Å²) in [6.07, 6.45) is 0. The molecular weight excluding hydrogens is 342 g/mol. The van der Waals surface area contributed by atoms with E-state index in [0.29, 0.717) is 0 Å². The lowest BCUT2D eigenvalue weighted by atomic mass is 10.2. The SMILES string of the molecule is O=C(OC(=O)c1ccc([N+](=O)[O-])cc1)c1ccc(Br)cc1. The minimum absolute atomic E-state index is 0.0612. The number of nitrogens with zero attached hydrogens (tertiary/aromatic N) is 1. The van der Waals surface area contributed by atoms with E-state index in [-0.39, 0.29) is 16.8 Å². The quantitative estimate of drug-likeness (QED) is 0.367. The van der Waals surface area contributed by atoms with Gasteiger partial charge in [-0.05, 0) is 36.4 Å². The molecule has 0 bridgehead atoms. The summed E-state index contributed by atoms with van der Waals surface area (Å²) in [4.78, 5) is 33.4. The molecule has 0 unspecified atom stereocenters. The second-order valence-electron chi connectivity index (χ2n) is 3.99.